The molecular formula is C21H17ClN2O4. The van der Waals surface area contributed by atoms with Crippen molar-refractivity contribution in [2.24, 2.45) is 0 Å². The van der Waals surface area contributed by atoms with E-state index in [1.807, 2.05) is 0 Å². The summed E-state index contributed by atoms with van der Waals surface area (Å²) in [6.07, 6.45) is 0.291. The quantitative estimate of drug-likeness (QED) is 0.497. The van der Waals surface area contributed by atoms with Gasteiger partial charge in [-0.1, -0.05) is 48.0 Å². The Morgan fingerprint density at radius 2 is 1.82 bits per heavy atom. The maximum atomic E-state index is 12.9. The van der Waals surface area contributed by atoms with Crippen molar-refractivity contribution in [2.75, 3.05) is 12.4 Å². The molecule has 1 amide bonds. The molecule has 142 valence electrons. The van der Waals surface area contributed by atoms with Crippen LogP contribution in [-0.2, 0) is 9.53 Å². The van der Waals surface area contributed by atoms with Crippen molar-refractivity contribution in [3.63, 3.8) is 0 Å². The van der Waals surface area contributed by atoms with E-state index >= 15 is 0 Å². The van der Waals surface area contributed by atoms with Crippen LogP contribution in [0.3, 0.4) is 0 Å². The lowest BCUT2D eigenvalue weighted by atomic mass is 10.1. The number of carbonyl (C=O) groups is 2. The van der Waals surface area contributed by atoms with E-state index in [2.05, 4.69) is 10.3 Å². The Balaban J connectivity index is 1.86. The molecule has 0 fully saturated rings. The van der Waals surface area contributed by atoms with Gasteiger partial charge in [0.25, 0.3) is 5.91 Å². The minimum absolute atomic E-state index is 0.00696. The number of pyridine rings is 1. The van der Waals surface area contributed by atoms with Gasteiger partial charge in [0.1, 0.15) is 10.9 Å². The first kappa shape index (κ1) is 19.4. The summed E-state index contributed by atoms with van der Waals surface area (Å²) in [5.74, 6) is -0.659. The molecule has 0 aliphatic carbocycles. The fraction of sp³-hybridized carbons (Fsp3) is 0.0952. The van der Waals surface area contributed by atoms with Gasteiger partial charge in [0.15, 0.2) is 0 Å². The number of rotatable bonds is 6. The van der Waals surface area contributed by atoms with Gasteiger partial charge in [0, 0.05) is 23.5 Å². The fourth-order valence-electron chi connectivity index (χ4n) is 2.52. The molecule has 1 aromatic heterocycles. The van der Waals surface area contributed by atoms with Crippen LogP contribution in [-0.4, -0.2) is 24.0 Å². The Hall–Kier alpha value is -3.38. The summed E-state index contributed by atoms with van der Waals surface area (Å²) in [7, 11) is 1.53. The number of hydrogen-bond donors (Lipinski definition) is 1. The fourth-order valence-corrected chi connectivity index (χ4v) is 2.71. The Labute approximate surface area is 167 Å². The van der Waals surface area contributed by atoms with Crippen LogP contribution < -0.4 is 10.1 Å². The van der Waals surface area contributed by atoms with Crippen LogP contribution >= 0.6 is 11.6 Å². The number of hydrogen-bond acceptors (Lipinski definition) is 5. The standard InChI is InChI=1S/C21H17ClN2O4/c1-27-16-10-5-9-15(13-16)24-20(25)18(14-7-3-2-4-8-14)28-21(26)17-11-6-12-23-19(17)22/h2-13,18H,1H3,(H,24,25). The van der Waals surface area contributed by atoms with Crippen molar-refractivity contribution < 1.29 is 19.1 Å². The third-order valence-corrected chi connectivity index (χ3v) is 4.18. The second-order valence-corrected chi connectivity index (χ2v) is 6.12. The zero-order chi connectivity index (χ0) is 19.9. The predicted molar refractivity (Wildman–Crippen MR) is 105 cm³/mol. The smallest absolute Gasteiger partial charge is 0.342 e. The molecule has 0 saturated carbocycles. The second kappa shape index (κ2) is 9.01. The van der Waals surface area contributed by atoms with Gasteiger partial charge in [-0.15, -0.1) is 0 Å². The third kappa shape index (κ3) is 4.66. The Bertz CT molecular complexity index is 979. The lowest BCUT2D eigenvalue weighted by Crippen LogP contribution is -2.26. The molecule has 3 rings (SSSR count). The maximum Gasteiger partial charge on any atom is 0.342 e. The molecule has 7 heteroatoms. The summed E-state index contributed by atoms with van der Waals surface area (Å²) < 4.78 is 10.6. The molecule has 0 radical (unpaired) electrons. The summed E-state index contributed by atoms with van der Waals surface area (Å²) in [6.45, 7) is 0. The van der Waals surface area contributed by atoms with Crippen LogP contribution in [0.1, 0.15) is 22.0 Å². The van der Waals surface area contributed by atoms with Crippen molar-refractivity contribution in [1.82, 2.24) is 4.98 Å². The second-order valence-electron chi connectivity index (χ2n) is 5.76. The summed E-state index contributed by atoms with van der Waals surface area (Å²) in [5.41, 5.74) is 1.12. The van der Waals surface area contributed by atoms with E-state index in [1.54, 1.807) is 60.7 Å². The lowest BCUT2D eigenvalue weighted by Gasteiger charge is -2.18. The molecule has 0 aliphatic rings. The number of esters is 1. The molecule has 1 heterocycles. The van der Waals surface area contributed by atoms with Gasteiger partial charge < -0.3 is 14.8 Å². The molecule has 3 aromatic rings. The molecule has 1 unspecified atom stereocenters. The summed E-state index contributed by atoms with van der Waals surface area (Å²) in [6, 6.07) is 18.7. The number of amides is 1. The summed E-state index contributed by atoms with van der Waals surface area (Å²) in [4.78, 5) is 29.3. The van der Waals surface area contributed by atoms with Gasteiger partial charge in [-0.3, -0.25) is 4.79 Å². The van der Waals surface area contributed by atoms with E-state index in [1.165, 1.54) is 19.4 Å². The first-order chi connectivity index (χ1) is 13.6. The lowest BCUT2D eigenvalue weighted by molar-refractivity contribution is -0.125. The largest absolute Gasteiger partial charge is 0.497 e. The highest BCUT2D eigenvalue weighted by atomic mass is 35.5. The van der Waals surface area contributed by atoms with Crippen molar-refractivity contribution in [2.45, 2.75) is 6.10 Å². The molecule has 0 bridgehead atoms. The number of benzene rings is 2. The molecule has 6 nitrogen and oxygen atoms in total. The van der Waals surface area contributed by atoms with E-state index < -0.39 is 18.0 Å². The van der Waals surface area contributed by atoms with Gasteiger partial charge in [0.2, 0.25) is 6.10 Å². The van der Waals surface area contributed by atoms with Crippen molar-refractivity contribution >= 4 is 29.2 Å². The van der Waals surface area contributed by atoms with Crippen molar-refractivity contribution in [3.8, 4) is 5.75 Å². The Kier molecular flexibility index (Phi) is 6.24. The first-order valence-electron chi connectivity index (χ1n) is 8.40. The molecule has 0 saturated heterocycles. The summed E-state index contributed by atoms with van der Waals surface area (Å²) >= 11 is 5.96. The van der Waals surface area contributed by atoms with Gasteiger partial charge >= 0.3 is 5.97 Å². The highest BCUT2D eigenvalue weighted by Crippen LogP contribution is 2.24. The van der Waals surface area contributed by atoms with Crippen LogP contribution in [0.15, 0.2) is 72.9 Å². The zero-order valence-electron chi connectivity index (χ0n) is 15.0. The first-order valence-corrected chi connectivity index (χ1v) is 8.77. The third-order valence-electron chi connectivity index (χ3n) is 3.88. The van der Waals surface area contributed by atoms with E-state index in [0.717, 1.165) is 0 Å². The Morgan fingerprint density at radius 1 is 1.04 bits per heavy atom. The number of carbonyl (C=O) groups excluding carboxylic acids is 2. The normalized spacial score (nSPS) is 11.4. The van der Waals surface area contributed by atoms with E-state index in [0.29, 0.717) is 17.0 Å². The van der Waals surface area contributed by atoms with E-state index in [-0.39, 0.29) is 10.7 Å². The minimum atomic E-state index is -1.17. The number of nitrogens with one attached hydrogen (secondary N) is 1. The van der Waals surface area contributed by atoms with Crippen LogP contribution in [0.5, 0.6) is 5.75 Å². The molecule has 1 atom stereocenters. The van der Waals surface area contributed by atoms with Crippen LogP contribution in [0, 0.1) is 0 Å². The van der Waals surface area contributed by atoms with E-state index in [4.69, 9.17) is 21.1 Å². The van der Waals surface area contributed by atoms with Crippen molar-refractivity contribution in [1.29, 1.82) is 0 Å². The van der Waals surface area contributed by atoms with E-state index in [9.17, 15) is 9.59 Å². The number of methoxy groups -OCH3 is 1. The highest BCUT2D eigenvalue weighted by Gasteiger charge is 2.27. The average Bonchev–Trinajstić information content (AvgIpc) is 2.73. The zero-order valence-corrected chi connectivity index (χ0v) is 15.7. The topological polar surface area (TPSA) is 77.5 Å². The number of nitrogens with zero attached hydrogens (tertiary/aromatic N) is 1. The molecule has 2 aromatic carbocycles. The average molecular weight is 397 g/mol. The van der Waals surface area contributed by atoms with Crippen molar-refractivity contribution in [3.05, 3.63) is 89.2 Å². The minimum Gasteiger partial charge on any atom is -0.497 e. The molecular weight excluding hydrogens is 380 g/mol. The SMILES string of the molecule is COc1cccc(NC(=O)C(OC(=O)c2cccnc2Cl)c2ccccc2)c1. The molecule has 28 heavy (non-hydrogen) atoms. The monoisotopic (exact) mass is 396 g/mol. The summed E-state index contributed by atoms with van der Waals surface area (Å²) in [5, 5.41) is 2.75. The number of aromatic nitrogens is 1. The molecule has 0 spiro atoms. The van der Waals surface area contributed by atoms with Gasteiger partial charge in [-0.2, -0.15) is 0 Å². The van der Waals surface area contributed by atoms with Crippen LogP contribution in [0.2, 0.25) is 5.15 Å². The number of halogens is 1. The molecule has 0 aliphatic heterocycles. The molecule has 1 N–H and O–H groups in total. The van der Waals surface area contributed by atoms with Crippen LogP contribution in [0.4, 0.5) is 5.69 Å². The van der Waals surface area contributed by atoms with Gasteiger partial charge in [-0.05, 0) is 24.3 Å². The number of ether oxygens (including phenoxy) is 2. The number of anilines is 1. The Morgan fingerprint density at radius 3 is 2.54 bits per heavy atom. The van der Waals surface area contributed by atoms with Gasteiger partial charge in [-0.25, -0.2) is 9.78 Å². The highest BCUT2D eigenvalue weighted by molar-refractivity contribution is 6.32. The van der Waals surface area contributed by atoms with Gasteiger partial charge in [0.05, 0.1) is 12.7 Å². The van der Waals surface area contributed by atoms with Crippen LogP contribution in [0.25, 0.3) is 0 Å². The maximum absolute atomic E-state index is 12.9. The predicted octanol–water partition coefficient (Wildman–Crippen LogP) is 4.28.